The Hall–Kier alpha value is -1.33. The van der Waals surface area contributed by atoms with Crippen LogP contribution in [0.1, 0.15) is 34.1 Å². The molecule has 0 saturated carbocycles. The Labute approximate surface area is 113 Å². The van der Waals surface area contributed by atoms with Crippen molar-refractivity contribution in [2.45, 2.75) is 45.9 Å². The molecule has 0 N–H and O–H groups in total. The van der Waals surface area contributed by atoms with Crippen molar-refractivity contribution < 1.29 is 23.5 Å². The molecule has 1 aliphatic rings. The Morgan fingerprint density at radius 1 is 1.37 bits per heavy atom. The number of nitrogens with zero attached hydrogens (tertiary/aromatic N) is 1. The van der Waals surface area contributed by atoms with Crippen LogP contribution in [0.3, 0.4) is 0 Å². The van der Waals surface area contributed by atoms with E-state index in [2.05, 4.69) is 0 Å². The summed E-state index contributed by atoms with van der Waals surface area (Å²) in [5, 5.41) is 0. The van der Waals surface area contributed by atoms with Crippen molar-refractivity contribution in [1.82, 2.24) is 4.90 Å². The fourth-order valence-corrected chi connectivity index (χ4v) is 1.89. The van der Waals surface area contributed by atoms with Crippen LogP contribution in [0.2, 0.25) is 0 Å². The van der Waals surface area contributed by atoms with E-state index >= 15 is 0 Å². The highest BCUT2D eigenvalue weighted by molar-refractivity contribution is 5.75. The number of carbonyl (C=O) groups is 2. The van der Waals surface area contributed by atoms with Crippen LogP contribution in [0.25, 0.3) is 0 Å². The maximum Gasteiger partial charge on any atom is 0.410 e. The summed E-state index contributed by atoms with van der Waals surface area (Å²) in [7, 11) is 0. The van der Waals surface area contributed by atoms with E-state index < -0.39 is 29.8 Å². The second-order valence-corrected chi connectivity index (χ2v) is 5.59. The van der Waals surface area contributed by atoms with Crippen molar-refractivity contribution in [3.8, 4) is 0 Å². The Morgan fingerprint density at radius 3 is 2.53 bits per heavy atom. The van der Waals surface area contributed by atoms with Crippen molar-refractivity contribution in [2.24, 2.45) is 5.92 Å². The van der Waals surface area contributed by atoms with Crippen LogP contribution in [-0.2, 0) is 14.3 Å². The molecular formula is C13H22FNO4. The van der Waals surface area contributed by atoms with Gasteiger partial charge in [0.15, 0.2) is 0 Å². The average Bonchev–Trinajstić information content (AvgIpc) is 2.27. The summed E-state index contributed by atoms with van der Waals surface area (Å²) in [6.07, 6.45) is -1.66. The Morgan fingerprint density at radius 2 is 2.00 bits per heavy atom. The maximum absolute atomic E-state index is 13.7. The van der Waals surface area contributed by atoms with Gasteiger partial charge in [-0.15, -0.1) is 0 Å². The molecule has 2 atom stereocenters. The van der Waals surface area contributed by atoms with Crippen molar-refractivity contribution in [3.05, 3.63) is 0 Å². The smallest absolute Gasteiger partial charge is 0.410 e. The van der Waals surface area contributed by atoms with Crippen LogP contribution in [0.5, 0.6) is 0 Å². The molecular weight excluding hydrogens is 253 g/mol. The van der Waals surface area contributed by atoms with Gasteiger partial charge in [-0.3, -0.25) is 4.79 Å². The molecule has 19 heavy (non-hydrogen) atoms. The summed E-state index contributed by atoms with van der Waals surface area (Å²) >= 11 is 0. The number of alkyl halides is 1. The molecule has 0 aromatic carbocycles. The molecule has 0 aromatic heterocycles. The molecule has 1 rings (SSSR count). The predicted molar refractivity (Wildman–Crippen MR) is 67.4 cm³/mol. The zero-order valence-electron chi connectivity index (χ0n) is 11.9. The second-order valence-electron chi connectivity index (χ2n) is 5.59. The van der Waals surface area contributed by atoms with Gasteiger partial charge in [0.05, 0.1) is 6.61 Å². The molecule has 0 aromatic rings. The zero-order valence-corrected chi connectivity index (χ0v) is 11.9. The number of rotatable bonds is 2. The Kier molecular flexibility index (Phi) is 5.14. The van der Waals surface area contributed by atoms with Gasteiger partial charge >= 0.3 is 12.1 Å². The number of hydrogen-bond acceptors (Lipinski definition) is 4. The molecule has 1 saturated heterocycles. The highest BCUT2D eigenvalue weighted by atomic mass is 19.1. The molecule has 1 amide bonds. The van der Waals surface area contributed by atoms with E-state index in [0.717, 1.165) is 0 Å². The standard InChI is InChI=1S/C13H22FNO4/c1-5-18-11(16)9-8-15(7-6-10(9)14)12(17)19-13(2,3)4/h9-10H,5-8H2,1-4H3/t9-,10-/m1/s1. The summed E-state index contributed by atoms with van der Waals surface area (Å²) < 4.78 is 23.8. The number of piperidine rings is 1. The third-order valence-electron chi connectivity index (χ3n) is 2.77. The summed E-state index contributed by atoms with van der Waals surface area (Å²) in [5.41, 5.74) is -0.608. The average molecular weight is 275 g/mol. The maximum atomic E-state index is 13.7. The molecule has 0 spiro atoms. The molecule has 0 unspecified atom stereocenters. The number of halogens is 1. The SMILES string of the molecule is CCOC(=O)[C@@H]1CN(C(=O)OC(C)(C)C)CC[C@H]1F. The monoisotopic (exact) mass is 275 g/mol. The molecule has 110 valence electrons. The van der Waals surface area contributed by atoms with E-state index in [4.69, 9.17) is 9.47 Å². The van der Waals surface area contributed by atoms with Gasteiger partial charge in [-0.1, -0.05) is 0 Å². The minimum absolute atomic E-state index is 0.00884. The summed E-state index contributed by atoms with van der Waals surface area (Å²) in [5.74, 6) is -1.51. The molecule has 0 bridgehead atoms. The molecule has 6 heteroatoms. The minimum Gasteiger partial charge on any atom is -0.466 e. The first-order valence-corrected chi connectivity index (χ1v) is 6.53. The number of hydrogen-bond donors (Lipinski definition) is 0. The van der Waals surface area contributed by atoms with Gasteiger partial charge in [0.25, 0.3) is 0 Å². The van der Waals surface area contributed by atoms with Gasteiger partial charge in [-0.25, -0.2) is 9.18 Å². The van der Waals surface area contributed by atoms with E-state index in [1.165, 1.54) is 4.90 Å². The van der Waals surface area contributed by atoms with Gasteiger partial charge in [0.2, 0.25) is 0 Å². The fourth-order valence-electron chi connectivity index (χ4n) is 1.89. The van der Waals surface area contributed by atoms with Crippen LogP contribution in [0, 0.1) is 5.92 Å². The summed E-state index contributed by atoms with van der Waals surface area (Å²) in [6.45, 7) is 7.41. The molecule has 5 nitrogen and oxygen atoms in total. The lowest BCUT2D eigenvalue weighted by Crippen LogP contribution is -2.49. The van der Waals surface area contributed by atoms with Gasteiger partial charge in [0, 0.05) is 13.1 Å². The first kappa shape index (κ1) is 15.7. The largest absolute Gasteiger partial charge is 0.466 e. The Bertz CT molecular complexity index is 340. The van der Waals surface area contributed by atoms with Crippen molar-refractivity contribution in [3.63, 3.8) is 0 Å². The van der Waals surface area contributed by atoms with Gasteiger partial charge in [-0.05, 0) is 34.1 Å². The first-order valence-electron chi connectivity index (χ1n) is 6.53. The third-order valence-corrected chi connectivity index (χ3v) is 2.77. The molecule has 1 heterocycles. The van der Waals surface area contributed by atoms with Gasteiger partial charge in [-0.2, -0.15) is 0 Å². The third kappa shape index (κ3) is 4.69. The van der Waals surface area contributed by atoms with Crippen LogP contribution in [0.4, 0.5) is 9.18 Å². The van der Waals surface area contributed by atoms with Crippen LogP contribution in [-0.4, -0.2) is 48.4 Å². The van der Waals surface area contributed by atoms with E-state index in [9.17, 15) is 14.0 Å². The zero-order chi connectivity index (χ0) is 14.6. The number of esters is 1. The summed E-state index contributed by atoms with van der Waals surface area (Å²) in [4.78, 5) is 24.9. The first-order chi connectivity index (χ1) is 8.74. The van der Waals surface area contributed by atoms with E-state index in [1.54, 1.807) is 27.7 Å². The predicted octanol–water partition coefficient (Wildman–Crippen LogP) is 2.14. The lowest BCUT2D eigenvalue weighted by molar-refractivity contribution is -0.152. The van der Waals surface area contributed by atoms with Gasteiger partial charge in [0.1, 0.15) is 17.7 Å². The number of ether oxygens (including phenoxy) is 2. The topological polar surface area (TPSA) is 55.8 Å². The number of carbonyl (C=O) groups excluding carboxylic acids is 2. The lowest BCUT2D eigenvalue weighted by atomic mass is 9.96. The van der Waals surface area contributed by atoms with Crippen LogP contribution in [0.15, 0.2) is 0 Å². The molecule has 1 aliphatic heterocycles. The Balaban J connectivity index is 2.63. The van der Waals surface area contributed by atoms with Crippen molar-refractivity contribution >= 4 is 12.1 Å². The molecule has 0 aliphatic carbocycles. The van der Waals surface area contributed by atoms with E-state index in [-0.39, 0.29) is 26.1 Å². The lowest BCUT2D eigenvalue weighted by Gasteiger charge is -2.34. The quantitative estimate of drug-likeness (QED) is 0.725. The van der Waals surface area contributed by atoms with E-state index in [0.29, 0.717) is 0 Å². The molecule has 0 radical (unpaired) electrons. The van der Waals surface area contributed by atoms with Crippen molar-refractivity contribution in [2.75, 3.05) is 19.7 Å². The second kappa shape index (κ2) is 6.21. The minimum atomic E-state index is -1.27. The fraction of sp³-hybridized carbons (Fsp3) is 0.846. The van der Waals surface area contributed by atoms with Crippen molar-refractivity contribution in [1.29, 1.82) is 0 Å². The number of likely N-dealkylation sites (tertiary alicyclic amines) is 1. The normalized spacial score (nSPS) is 23.9. The van der Waals surface area contributed by atoms with Crippen LogP contribution >= 0.6 is 0 Å². The van der Waals surface area contributed by atoms with E-state index in [1.807, 2.05) is 0 Å². The highest BCUT2D eigenvalue weighted by Gasteiger charge is 2.38. The number of amides is 1. The molecule has 1 fully saturated rings. The summed E-state index contributed by atoms with van der Waals surface area (Å²) in [6, 6.07) is 0. The highest BCUT2D eigenvalue weighted by Crippen LogP contribution is 2.23. The van der Waals surface area contributed by atoms with Gasteiger partial charge < -0.3 is 14.4 Å². The van der Waals surface area contributed by atoms with Crippen LogP contribution < -0.4 is 0 Å².